The molecule has 1 rings (SSSR count). The number of carbonyl (C=O) groups is 3. The lowest BCUT2D eigenvalue weighted by atomic mass is 9.91. The number of nitrogens with one attached hydrogen (secondary N) is 2. The van der Waals surface area contributed by atoms with E-state index in [0.29, 0.717) is 6.42 Å². The van der Waals surface area contributed by atoms with Crippen molar-refractivity contribution in [3.8, 4) is 5.75 Å². The van der Waals surface area contributed by atoms with E-state index in [4.69, 9.17) is 14.2 Å². The Bertz CT molecular complexity index is 741. The quantitative estimate of drug-likeness (QED) is 0.303. The highest BCUT2D eigenvalue weighted by molar-refractivity contribution is 7.81. The maximum Gasteiger partial charge on any atom is 0.306 e. The largest absolute Gasteiger partial charge is 0.497 e. The van der Waals surface area contributed by atoms with Crippen LogP contribution in [0.4, 0.5) is 0 Å². The Morgan fingerprint density at radius 3 is 2.16 bits per heavy atom. The number of methoxy groups -OCH3 is 2. The summed E-state index contributed by atoms with van der Waals surface area (Å²) in [6.07, 6.45) is -0.0865. The second kappa shape index (κ2) is 14.0. The molecule has 8 nitrogen and oxygen atoms in total. The van der Waals surface area contributed by atoms with Crippen LogP contribution >= 0.6 is 12.6 Å². The van der Waals surface area contributed by atoms with Gasteiger partial charge in [-0.3, -0.25) is 14.4 Å². The van der Waals surface area contributed by atoms with Crippen molar-refractivity contribution in [2.45, 2.75) is 57.6 Å². The average Bonchev–Trinajstić information content (AvgIpc) is 2.78. The zero-order chi connectivity index (χ0) is 24.3. The van der Waals surface area contributed by atoms with E-state index in [-0.39, 0.29) is 30.8 Å². The lowest BCUT2D eigenvalue weighted by molar-refractivity contribution is -0.141. The Kier molecular flexibility index (Phi) is 12.2. The van der Waals surface area contributed by atoms with E-state index in [9.17, 15) is 14.4 Å². The van der Waals surface area contributed by atoms with Crippen LogP contribution in [0.3, 0.4) is 0 Å². The molecule has 1 aromatic carbocycles. The van der Waals surface area contributed by atoms with Gasteiger partial charge in [0.2, 0.25) is 11.8 Å². The molecule has 0 fully saturated rings. The Labute approximate surface area is 196 Å². The van der Waals surface area contributed by atoms with E-state index >= 15 is 0 Å². The number of ether oxygens (including phenoxy) is 3. The first-order chi connectivity index (χ1) is 15.1. The molecule has 2 unspecified atom stereocenters. The molecule has 9 heteroatoms. The predicted octanol–water partition coefficient (Wildman–Crippen LogP) is 2.35. The minimum atomic E-state index is -0.904. The molecule has 0 aliphatic rings. The minimum absolute atomic E-state index is 0.00141. The number of carbonyl (C=O) groups excluding carboxylic acids is 3. The van der Waals surface area contributed by atoms with E-state index in [0.717, 1.165) is 11.3 Å². The first-order valence-corrected chi connectivity index (χ1v) is 11.2. The monoisotopic (exact) mass is 468 g/mol. The molecule has 2 N–H and O–H groups in total. The molecule has 0 aliphatic carbocycles. The summed E-state index contributed by atoms with van der Waals surface area (Å²) in [5, 5.41) is 4.84. The molecule has 0 saturated carbocycles. The molecule has 0 aromatic heterocycles. The van der Waals surface area contributed by atoms with Gasteiger partial charge in [0.15, 0.2) is 0 Å². The van der Waals surface area contributed by atoms with Gasteiger partial charge in [0.1, 0.15) is 11.8 Å². The van der Waals surface area contributed by atoms with Crippen molar-refractivity contribution in [2.75, 3.05) is 21.3 Å². The molecule has 0 heterocycles. The standard InChI is InChI=1S/C23H36N2O6S/c1-14(2)11-18(19(32)12-20(26)30-6)22(27)25-21(23(28)24-4)15(3)31-13-16-7-9-17(29-5)10-8-16/h7-10,14-15,18-19,21,32H,11-13H2,1-6H3,(H,24,28)(H,25,27)/t15-,18?,19?,21+/m1/s1. The summed E-state index contributed by atoms with van der Waals surface area (Å²) in [6, 6.07) is 6.49. The topological polar surface area (TPSA) is 103 Å². The lowest BCUT2D eigenvalue weighted by Gasteiger charge is -2.29. The number of esters is 1. The molecule has 1 aromatic rings. The van der Waals surface area contributed by atoms with E-state index in [2.05, 4.69) is 23.3 Å². The minimum Gasteiger partial charge on any atom is -0.497 e. The Balaban J connectivity index is 2.89. The Morgan fingerprint density at radius 2 is 1.66 bits per heavy atom. The van der Waals surface area contributed by atoms with Gasteiger partial charge < -0.3 is 24.8 Å². The number of benzene rings is 1. The fraction of sp³-hybridized carbons (Fsp3) is 0.609. The Hall–Kier alpha value is -2.26. The molecule has 0 aliphatic heterocycles. The number of hydrogen-bond donors (Lipinski definition) is 3. The summed E-state index contributed by atoms with van der Waals surface area (Å²) in [7, 11) is 4.39. The SMILES string of the molecule is CNC(=O)[C@@H](NC(=O)C(CC(C)C)C(S)CC(=O)OC)[C@@H](C)OCc1ccc(OC)cc1. The third-order valence-electron chi connectivity index (χ3n) is 5.10. The van der Waals surface area contributed by atoms with Crippen molar-refractivity contribution in [3.05, 3.63) is 29.8 Å². The third kappa shape index (κ3) is 9.08. The predicted molar refractivity (Wildman–Crippen MR) is 126 cm³/mol. The summed E-state index contributed by atoms with van der Waals surface area (Å²) in [5.74, 6) is -0.797. The maximum atomic E-state index is 13.1. The lowest BCUT2D eigenvalue weighted by Crippen LogP contribution is -2.54. The highest BCUT2D eigenvalue weighted by atomic mass is 32.1. The van der Waals surface area contributed by atoms with Gasteiger partial charge in [0.25, 0.3) is 0 Å². The van der Waals surface area contributed by atoms with Crippen LogP contribution in [-0.2, 0) is 30.5 Å². The molecule has 0 bridgehead atoms. The fourth-order valence-electron chi connectivity index (χ4n) is 3.20. The van der Waals surface area contributed by atoms with Crippen LogP contribution in [0.15, 0.2) is 24.3 Å². The van der Waals surface area contributed by atoms with Gasteiger partial charge in [0.05, 0.1) is 39.3 Å². The maximum absolute atomic E-state index is 13.1. The zero-order valence-corrected chi connectivity index (χ0v) is 20.6. The molecule has 2 amide bonds. The second-order valence-electron chi connectivity index (χ2n) is 8.05. The first-order valence-electron chi connectivity index (χ1n) is 10.6. The summed E-state index contributed by atoms with van der Waals surface area (Å²) in [6.45, 7) is 5.96. The number of amides is 2. The highest BCUT2D eigenvalue weighted by Gasteiger charge is 2.33. The smallest absolute Gasteiger partial charge is 0.306 e. The van der Waals surface area contributed by atoms with Gasteiger partial charge in [-0.15, -0.1) is 0 Å². The molecule has 0 spiro atoms. The van der Waals surface area contributed by atoms with Crippen LogP contribution in [-0.4, -0.2) is 56.4 Å². The van der Waals surface area contributed by atoms with Crippen molar-refractivity contribution >= 4 is 30.4 Å². The van der Waals surface area contributed by atoms with Gasteiger partial charge >= 0.3 is 5.97 Å². The average molecular weight is 469 g/mol. The molecular formula is C23H36N2O6S. The van der Waals surface area contributed by atoms with Gasteiger partial charge in [0, 0.05) is 12.3 Å². The van der Waals surface area contributed by atoms with Gasteiger partial charge in [-0.25, -0.2) is 0 Å². The van der Waals surface area contributed by atoms with E-state index in [1.165, 1.54) is 14.2 Å². The molecule has 180 valence electrons. The Morgan fingerprint density at radius 1 is 1.03 bits per heavy atom. The van der Waals surface area contributed by atoms with E-state index in [1.807, 2.05) is 38.1 Å². The first kappa shape index (κ1) is 27.8. The zero-order valence-electron chi connectivity index (χ0n) is 19.7. The number of likely N-dealkylation sites (N-methyl/N-ethyl adjacent to an activating group) is 1. The van der Waals surface area contributed by atoms with Crippen LogP contribution in [0.1, 0.15) is 39.2 Å². The molecule has 32 heavy (non-hydrogen) atoms. The van der Waals surface area contributed by atoms with Crippen molar-refractivity contribution in [1.29, 1.82) is 0 Å². The van der Waals surface area contributed by atoms with E-state index < -0.39 is 29.3 Å². The molecule has 0 radical (unpaired) electrons. The highest BCUT2D eigenvalue weighted by Crippen LogP contribution is 2.23. The third-order valence-corrected chi connectivity index (χ3v) is 5.64. The van der Waals surface area contributed by atoms with Crippen molar-refractivity contribution < 1.29 is 28.6 Å². The number of thiol groups is 1. The normalized spacial score (nSPS) is 14.8. The van der Waals surface area contributed by atoms with Crippen molar-refractivity contribution in [2.24, 2.45) is 11.8 Å². The molecule has 0 saturated heterocycles. The van der Waals surface area contributed by atoms with Crippen LogP contribution in [0.25, 0.3) is 0 Å². The molecule has 4 atom stereocenters. The summed E-state index contributed by atoms with van der Waals surface area (Å²) in [4.78, 5) is 37.3. The van der Waals surface area contributed by atoms with Crippen LogP contribution in [0, 0.1) is 11.8 Å². The fourth-order valence-corrected chi connectivity index (χ4v) is 3.61. The van der Waals surface area contributed by atoms with Crippen molar-refractivity contribution in [3.63, 3.8) is 0 Å². The number of rotatable bonds is 13. The van der Waals surface area contributed by atoms with Crippen LogP contribution in [0.5, 0.6) is 5.75 Å². The molecular weight excluding hydrogens is 432 g/mol. The van der Waals surface area contributed by atoms with E-state index in [1.54, 1.807) is 14.0 Å². The van der Waals surface area contributed by atoms with Gasteiger partial charge in [-0.2, -0.15) is 12.6 Å². The van der Waals surface area contributed by atoms with Crippen LogP contribution in [0.2, 0.25) is 0 Å². The van der Waals surface area contributed by atoms with Gasteiger partial charge in [-0.05, 0) is 37.0 Å². The number of hydrogen-bond acceptors (Lipinski definition) is 7. The summed E-state index contributed by atoms with van der Waals surface area (Å²) < 4.78 is 15.7. The van der Waals surface area contributed by atoms with Crippen molar-refractivity contribution in [1.82, 2.24) is 10.6 Å². The van der Waals surface area contributed by atoms with Gasteiger partial charge in [-0.1, -0.05) is 26.0 Å². The van der Waals surface area contributed by atoms with Crippen LogP contribution < -0.4 is 15.4 Å². The second-order valence-corrected chi connectivity index (χ2v) is 8.71. The summed E-state index contributed by atoms with van der Waals surface area (Å²) in [5.41, 5.74) is 0.908. The summed E-state index contributed by atoms with van der Waals surface area (Å²) >= 11 is 4.48.